The van der Waals surface area contributed by atoms with Crippen molar-refractivity contribution in [3.63, 3.8) is 0 Å². The van der Waals surface area contributed by atoms with Gasteiger partial charge in [-0.3, -0.25) is 4.79 Å². The smallest absolute Gasteiger partial charge is 0.224 e. The molecule has 2 atom stereocenters. The van der Waals surface area contributed by atoms with E-state index in [1.54, 1.807) is 6.20 Å². The molecular weight excluding hydrogens is 302 g/mol. The van der Waals surface area contributed by atoms with Gasteiger partial charge in [0.05, 0.1) is 12.5 Å². The van der Waals surface area contributed by atoms with Crippen LogP contribution in [0.25, 0.3) is 0 Å². The zero-order valence-electron chi connectivity index (χ0n) is 14.4. The number of hydrogen-bond acceptors (Lipinski definition) is 3. The first-order chi connectivity index (χ1) is 11.7. The van der Waals surface area contributed by atoms with Gasteiger partial charge in [-0.05, 0) is 37.8 Å². The highest BCUT2D eigenvalue weighted by Crippen LogP contribution is 2.27. The maximum atomic E-state index is 12.5. The summed E-state index contributed by atoms with van der Waals surface area (Å²) in [4.78, 5) is 17.0. The SMILES string of the molecule is CCn1ccnc1[C@@H]1OCCC[C@H]1NC(=O)Cc1ccccc1C. The lowest BCUT2D eigenvalue weighted by Crippen LogP contribution is -2.44. The Kier molecular flexibility index (Phi) is 5.30. The Hall–Kier alpha value is -2.14. The monoisotopic (exact) mass is 327 g/mol. The number of ether oxygens (including phenoxy) is 1. The number of rotatable bonds is 5. The third-order valence-electron chi connectivity index (χ3n) is 4.62. The van der Waals surface area contributed by atoms with Crippen molar-refractivity contribution in [2.24, 2.45) is 0 Å². The van der Waals surface area contributed by atoms with Crippen LogP contribution in [0.15, 0.2) is 36.7 Å². The van der Waals surface area contributed by atoms with E-state index in [0.29, 0.717) is 13.0 Å². The van der Waals surface area contributed by atoms with Crippen LogP contribution in [0.3, 0.4) is 0 Å². The average molecular weight is 327 g/mol. The van der Waals surface area contributed by atoms with Gasteiger partial charge >= 0.3 is 0 Å². The lowest BCUT2D eigenvalue weighted by atomic mass is 10.0. The Bertz CT molecular complexity index is 695. The minimum Gasteiger partial charge on any atom is -0.368 e. The highest BCUT2D eigenvalue weighted by Gasteiger charge is 2.31. The fraction of sp³-hybridized carbons (Fsp3) is 0.474. The summed E-state index contributed by atoms with van der Waals surface area (Å²) in [6.45, 7) is 5.68. The van der Waals surface area contributed by atoms with Crippen LogP contribution in [-0.2, 0) is 22.5 Å². The Balaban J connectivity index is 1.70. The normalized spacial score (nSPS) is 20.8. The van der Waals surface area contributed by atoms with Crippen molar-refractivity contribution in [3.05, 3.63) is 53.6 Å². The van der Waals surface area contributed by atoms with E-state index >= 15 is 0 Å². The van der Waals surface area contributed by atoms with E-state index in [0.717, 1.165) is 36.3 Å². The molecule has 1 N–H and O–H groups in total. The average Bonchev–Trinajstić information content (AvgIpc) is 3.06. The fourth-order valence-electron chi connectivity index (χ4n) is 3.27. The van der Waals surface area contributed by atoms with Crippen LogP contribution >= 0.6 is 0 Å². The van der Waals surface area contributed by atoms with Gasteiger partial charge in [0.25, 0.3) is 0 Å². The topological polar surface area (TPSA) is 56.1 Å². The molecule has 0 bridgehead atoms. The predicted octanol–water partition coefficient (Wildman–Crippen LogP) is 2.79. The summed E-state index contributed by atoms with van der Waals surface area (Å²) in [5, 5.41) is 3.17. The number of benzene rings is 1. The van der Waals surface area contributed by atoms with Crippen LogP contribution in [0.4, 0.5) is 0 Å². The molecule has 1 aliphatic heterocycles. The molecule has 0 unspecified atom stereocenters. The number of carbonyl (C=O) groups excluding carboxylic acids is 1. The molecule has 5 nitrogen and oxygen atoms in total. The molecule has 1 fully saturated rings. The Morgan fingerprint density at radius 2 is 2.25 bits per heavy atom. The quantitative estimate of drug-likeness (QED) is 0.919. The molecule has 0 radical (unpaired) electrons. The minimum atomic E-state index is -0.172. The Labute approximate surface area is 143 Å². The molecule has 24 heavy (non-hydrogen) atoms. The molecule has 1 aromatic carbocycles. The Morgan fingerprint density at radius 1 is 1.42 bits per heavy atom. The summed E-state index contributed by atoms with van der Waals surface area (Å²) in [6.07, 6.45) is 5.86. The highest BCUT2D eigenvalue weighted by molar-refractivity contribution is 5.79. The van der Waals surface area contributed by atoms with Crippen molar-refractivity contribution in [1.29, 1.82) is 0 Å². The van der Waals surface area contributed by atoms with Gasteiger partial charge < -0.3 is 14.6 Å². The highest BCUT2D eigenvalue weighted by atomic mass is 16.5. The van der Waals surface area contributed by atoms with E-state index in [2.05, 4.69) is 21.8 Å². The van der Waals surface area contributed by atoms with E-state index in [4.69, 9.17) is 4.74 Å². The first kappa shape index (κ1) is 16.7. The number of hydrogen-bond donors (Lipinski definition) is 1. The fourth-order valence-corrected chi connectivity index (χ4v) is 3.27. The number of aromatic nitrogens is 2. The molecule has 1 amide bonds. The van der Waals surface area contributed by atoms with Gasteiger partial charge in [0.15, 0.2) is 0 Å². The van der Waals surface area contributed by atoms with Crippen LogP contribution in [0.5, 0.6) is 0 Å². The first-order valence-corrected chi connectivity index (χ1v) is 8.65. The van der Waals surface area contributed by atoms with Gasteiger partial charge in [-0.1, -0.05) is 24.3 Å². The lowest BCUT2D eigenvalue weighted by molar-refractivity contribution is -0.123. The number of amides is 1. The standard InChI is InChI=1S/C19H25N3O2/c1-3-22-11-10-20-19(22)18-16(9-6-12-24-18)21-17(23)13-15-8-5-4-7-14(15)2/h4-5,7-8,10-11,16,18H,3,6,9,12-13H2,1-2H3,(H,21,23)/t16-,18-/m1/s1. The van der Waals surface area contributed by atoms with E-state index in [-0.39, 0.29) is 18.1 Å². The number of nitrogens with one attached hydrogen (secondary N) is 1. The summed E-state index contributed by atoms with van der Waals surface area (Å²) in [5.41, 5.74) is 2.21. The molecule has 5 heteroatoms. The van der Waals surface area contributed by atoms with Crippen LogP contribution in [0, 0.1) is 6.92 Å². The van der Waals surface area contributed by atoms with Crippen LogP contribution in [0.1, 0.15) is 42.8 Å². The van der Waals surface area contributed by atoms with Gasteiger partial charge in [-0.25, -0.2) is 4.98 Å². The van der Waals surface area contributed by atoms with Crippen molar-refractivity contribution in [3.8, 4) is 0 Å². The van der Waals surface area contributed by atoms with Crippen LogP contribution < -0.4 is 5.32 Å². The predicted molar refractivity (Wildman–Crippen MR) is 92.6 cm³/mol. The van der Waals surface area contributed by atoms with Gasteiger partial charge in [-0.2, -0.15) is 0 Å². The molecule has 2 heterocycles. The number of carbonyl (C=O) groups is 1. The lowest BCUT2D eigenvalue weighted by Gasteiger charge is -2.32. The van der Waals surface area contributed by atoms with Crippen molar-refractivity contribution in [2.75, 3.05) is 6.61 Å². The van der Waals surface area contributed by atoms with E-state index in [1.807, 2.05) is 37.4 Å². The minimum absolute atomic E-state index is 0.0250. The molecule has 2 aromatic rings. The third-order valence-corrected chi connectivity index (χ3v) is 4.62. The van der Waals surface area contributed by atoms with Crippen molar-refractivity contribution in [1.82, 2.24) is 14.9 Å². The van der Waals surface area contributed by atoms with Crippen molar-refractivity contribution < 1.29 is 9.53 Å². The molecule has 1 aliphatic rings. The van der Waals surface area contributed by atoms with Gasteiger partial charge in [-0.15, -0.1) is 0 Å². The second-order valence-corrected chi connectivity index (χ2v) is 6.28. The largest absolute Gasteiger partial charge is 0.368 e. The van der Waals surface area contributed by atoms with E-state index in [1.165, 1.54) is 0 Å². The zero-order valence-corrected chi connectivity index (χ0v) is 14.4. The van der Waals surface area contributed by atoms with Crippen molar-refractivity contribution in [2.45, 2.75) is 51.8 Å². The van der Waals surface area contributed by atoms with Crippen molar-refractivity contribution >= 4 is 5.91 Å². The Morgan fingerprint density at radius 3 is 3.04 bits per heavy atom. The summed E-state index contributed by atoms with van der Waals surface area (Å²) < 4.78 is 8.03. The maximum Gasteiger partial charge on any atom is 0.224 e. The van der Waals surface area contributed by atoms with Crippen LogP contribution in [-0.4, -0.2) is 28.1 Å². The molecule has 0 spiro atoms. The molecule has 0 saturated carbocycles. The summed E-state index contributed by atoms with van der Waals surface area (Å²) >= 11 is 0. The van der Waals surface area contributed by atoms with Gasteiger partial charge in [0.1, 0.15) is 11.9 Å². The second-order valence-electron chi connectivity index (χ2n) is 6.28. The molecule has 1 saturated heterocycles. The van der Waals surface area contributed by atoms with E-state index < -0.39 is 0 Å². The number of aryl methyl sites for hydroxylation is 2. The summed E-state index contributed by atoms with van der Waals surface area (Å²) in [6, 6.07) is 7.98. The van der Waals surface area contributed by atoms with Crippen LogP contribution in [0.2, 0.25) is 0 Å². The van der Waals surface area contributed by atoms with E-state index in [9.17, 15) is 4.79 Å². The van der Waals surface area contributed by atoms with Gasteiger partial charge in [0, 0.05) is 25.5 Å². The first-order valence-electron chi connectivity index (χ1n) is 8.65. The van der Waals surface area contributed by atoms with Gasteiger partial charge in [0.2, 0.25) is 5.91 Å². The zero-order chi connectivity index (χ0) is 16.9. The second kappa shape index (κ2) is 7.62. The molecule has 128 valence electrons. The molecule has 1 aromatic heterocycles. The summed E-state index contributed by atoms with van der Waals surface area (Å²) in [7, 11) is 0. The third kappa shape index (κ3) is 3.67. The number of nitrogens with zero attached hydrogens (tertiary/aromatic N) is 2. The molecule has 3 rings (SSSR count). The molecular formula is C19H25N3O2. The summed E-state index contributed by atoms with van der Waals surface area (Å²) in [5.74, 6) is 0.942. The maximum absolute atomic E-state index is 12.5. The molecule has 0 aliphatic carbocycles. The number of imidazole rings is 1.